The molecule has 3 aromatic carbocycles. The second-order valence-corrected chi connectivity index (χ2v) is 11.9. The lowest BCUT2D eigenvalue weighted by atomic mass is 10.1. The Kier molecular flexibility index (Phi) is 9.54. The van der Waals surface area contributed by atoms with Gasteiger partial charge in [0, 0.05) is 16.0 Å². The van der Waals surface area contributed by atoms with E-state index in [1.807, 2.05) is 31.2 Å². The van der Waals surface area contributed by atoms with Crippen molar-refractivity contribution in [2.24, 2.45) is 5.10 Å². The number of benzene rings is 3. The maximum Gasteiger partial charge on any atom is 0.329 e. The zero-order valence-electron chi connectivity index (χ0n) is 21.2. The molecule has 4 rings (SSSR count). The third kappa shape index (κ3) is 7.66. The number of hydrogen-bond acceptors (Lipinski definition) is 6. The molecule has 0 spiro atoms. The average molecular weight is 644 g/mol. The molecule has 0 bridgehead atoms. The van der Waals surface area contributed by atoms with E-state index in [9.17, 15) is 18.0 Å². The normalized spacial score (nSPS) is 11.6. The molecular weight excluding hydrogens is 620 g/mol. The van der Waals surface area contributed by atoms with Crippen molar-refractivity contribution in [3.05, 3.63) is 117 Å². The van der Waals surface area contributed by atoms with E-state index in [2.05, 4.69) is 31.8 Å². The number of nitrogens with one attached hydrogen (secondary N) is 2. The van der Waals surface area contributed by atoms with Crippen molar-refractivity contribution < 1.29 is 22.4 Å². The molecule has 4 aromatic rings. The summed E-state index contributed by atoms with van der Waals surface area (Å²) in [5, 5.41) is 6.66. The number of rotatable bonds is 9. The van der Waals surface area contributed by atoms with E-state index in [4.69, 9.17) is 16.0 Å². The molecule has 2 N–H and O–H groups in total. The van der Waals surface area contributed by atoms with Gasteiger partial charge in [-0.15, -0.1) is 0 Å². The lowest BCUT2D eigenvalue weighted by Gasteiger charge is -2.21. The van der Waals surface area contributed by atoms with Crippen molar-refractivity contribution in [1.29, 1.82) is 0 Å². The first kappa shape index (κ1) is 29.2. The Bertz CT molecular complexity index is 1640. The fourth-order valence-electron chi connectivity index (χ4n) is 3.55. The van der Waals surface area contributed by atoms with Crippen molar-refractivity contribution in [1.82, 2.24) is 9.73 Å². The predicted octanol–water partition coefficient (Wildman–Crippen LogP) is 5.48. The van der Waals surface area contributed by atoms with Crippen LogP contribution in [0.2, 0.25) is 5.02 Å². The Balaban J connectivity index is 1.45. The molecule has 0 saturated carbocycles. The largest absolute Gasteiger partial charge is 0.459 e. The molecule has 0 aliphatic heterocycles. The minimum absolute atomic E-state index is 0.0621. The molecule has 1 heterocycles. The van der Waals surface area contributed by atoms with Crippen LogP contribution < -0.4 is 10.7 Å². The molecule has 0 fully saturated rings. The standard InChI is InChI=1S/C28H24BrClN4O5S/c1-19-6-8-20(9-7-19)17-34(40(37,38)24-14-10-21(30)11-15-24)18-23-13-12-22(39-23)16-31-33-28(36)27(35)32-26-5-3-2-4-25(26)29/h2-16H,17-18H2,1H3,(H,32,35)(H,33,36)/b31-16+. The number of hydrogen-bond donors (Lipinski definition) is 2. The first-order chi connectivity index (χ1) is 19.1. The van der Waals surface area contributed by atoms with Gasteiger partial charge in [0.1, 0.15) is 11.5 Å². The molecular formula is C28H24BrClN4O5S. The smallest absolute Gasteiger partial charge is 0.329 e. The monoisotopic (exact) mass is 642 g/mol. The maximum absolute atomic E-state index is 13.5. The molecule has 0 saturated heterocycles. The second kappa shape index (κ2) is 13.1. The van der Waals surface area contributed by atoms with Crippen molar-refractivity contribution in [2.45, 2.75) is 24.9 Å². The van der Waals surface area contributed by atoms with E-state index in [1.165, 1.54) is 34.8 Å². The SMILES string of the molecule is Cc1ccc(CN(Cc2ccc(/C=N/NC(=O)C(=O)Nc3ccccc3Br)o2)S(=O)(=O)c2ccc(Cl)cc2)cc1. The number of sulfonamides is 1. The first-order valence-corrected chi connectivity index (χ1v) is 14.5. The summed E-state index contributed by atoms with van der Waals surface area (Å²) in [5.74, 6) is -1.27. The second-order valence-electron chi connectivity index (χ2n) is 8.65. The van der Waals surface area contributed by atoms with E-state index in [-0.39, 0.29) is 23.7 Å². The van der Waals surface area contributed by atoms with Crippen LogP contribution in [-0.2, 0) is 32.7 Å². The van der Waals surface area contributed by atoms with Gasteiger partial charge in [0.05, 0.1) is 23.3 Å². The summed E-state index contributed by atoms with van der Waals surface area (Å²) in [4.78, 5) is 24.3. The highest BCUT2D eigenvalue weighted by Gasteiger charge is 2.26. The van der Waals surface area contributed by atoms with Gasteiger partial charge in [-0.05, 0) is 76.9 Å². The van der Waals surface area contributed by atoms with Gasteiger partial charge < -0.3 is 9.73 Å². The number of furan rings is 1. The third-order valence-electron chi connectivity index (χ3n) is 5.63. The average Bonchev–Trinajstić information content (AvgIpc) is 3.38. The molecule has 12 heteroatoms. The van der Waals surface area contributed by atoms with Crippen molar-refractivity contribution >= 4 is 61.3 Å². The zero-order chi connectivity index (χ0) is 28.7. The Morgan fingerprint density at radius 1 is 0.950 bits per heavy atom. The van der Waals surface area contributed by atoms with Crippen LogP contribution in [0.5, 0.6) is 0 Å². The van der Waals surface area contributed by atoms with Crippen LogP contribution >= 0.6 is 27.5 Å². The van der Waals surface area contributed by atoms with Gasteiger partial charge in [-0.1, -0.05) is 53.6 Å². The Morgan fingerprint density at radius 3 is 2.35 bits per heavy atom. The molecule has 0 radical (unpaired) electrons. The van der Waals surface area contributed by atoms with Gasteiger partial charge in [-0.2, -0.15) is 9.41 Å². The Hall–Kier alpha value is -3.77. The van der Waals surface area contributed by atoms with Gasteiger partial charge in [-0.25, -0.2) is 13.8 Å². The van der Waals surface area contributed by atoms with Crippen molar-refractivity contribution in [3.63, 3.8) is 0 Å². The maximum atomic E-state index is 13.5. The van der Waals surface area contributed by atoms with E-state index in [0.29, 0.717) is 20.9 Å². The van der Waals surface area contributed by atoms with Crippen LogP contribution in [0.4, 0.5) is 5.69 Å². The number of carbonyl (C=O) groups excluding carboxylic acids is 2. The molecule has 9 nitrogen and oxygen atoms in total. The number of para-hydroxylation sites is 1. The number of amides is 2. The van der Waals surface area contributed by atoms with E-state index >= 15 is 0 Å². The van der Waals surface area contributed by atoms with E-state index in [1.54, 1.807) is 36.4 Å². The molecule has 1 aromatic heterocycles. The summed E-state index contributed by atoms with van der Waals surface area (Å²) >= 11 is 9.24. The minimum atomic E-state index is -3.91. The highest BCUT2D eigenvalue weighted by atomic mass is 79.9. The van der Waals surface area contributed by atoms with Gasteiger partial charge in [0.2, 0.25) is 10.0 Å². The lowest BCUT2D eigenvalue weighted by molar-refractivity contribution is -0.136. The van der Waals surface area contributed by atoms with Crippen LogP contribution in [-0.4, -0.2) is 30.8 Å². The first-order valence-electron chi connectivity index (χ1n) is 11.9. The lowest BCUT2D eigenvalue weighted by Crippen LogP contribution is -2.32. The minimum Gasteiger partial charge on any atom is -0.459 e. The number of aryl methyl sites for hydroxylation is 1. The summed E-state index contributed by atoms with van der Waals surface area (Å²) < 4.78 is 34.7. The van der Waals surface area contributed by atoms with Gasteiger partial charge in [0.15, 0.2) is 0 Å². The fourth-order valence-corrected chi connectivity index (χ4v) is 5.45. The zero-order valence-corrected chi connectivity index (χ0v) is 24.3. The van der Waals surface area contributed by atoms with Gasteiger partial charge in [-0.3, -0.25) is 9.59 Å². The number of nitrogens with zero attached hydrogens (tertiary/aromatic N) is 2. The quantitative estimate of drug-likeness (QED) is 0.142. The Labute approximate surface area is 245 Å². The number of carbonyl (C=O) groups is 2. The number of halogens is 2. The summed E-state index contributed by atoms with van der Waals surface area (Å²) in [6, 6.07) is 23.6. The fraction of sp³-hybridized carbons (Fsp3) is 0.107. The number of hydrazone groups is 1. The number of anilines is 1. The van der Waals surface area contributed by atoms with Crippen molar-refractivity contribution in [2.75, 3.05) is 5.32 Å². The summed E-state index contributed by atoms with van der Waals surface area (Å²) in [6.45, 7) is 2.00. The Morgan fingerprint density at radius 2 is 1.65 bits per heavy atom. The molecule has 40 heavy (non-hydrogen) atoms. The van der Waals surface area contributed by atoms with E-state index in [0.717, 1.165) is 11.1 Å². The molecule has 0 atom stereocenters. The predicted molar refractivity (Wildman–Crippen MR) is 156 cm³/mol. The van der Waals surface area contributed by atoms with Crippen LogP contribution in [0.3, 0.4) is 0 Å². The molecule has 0 aliphatic carbocycles. The van der Waals surface area contributed by atoms with Crippen molar-refractivity contribution in [3.8, 4) is 0 Å². The van der Waals surface area contributed by atoms with Gasteiger partial charge in [0.25, 0.3) is 0 Å². The highest BCUT2D eigenvalue weighted by Crippen LogP contribution is 2.24. The van der Waals surface area contributed by atoms with Crippen LogP contribution in [0.15, 0.2) is 104 Å². The summed E-state index contributed by atoms with van der Waals surface area (Å²) in [5.41, 5.74) is 4.43. The van der Waals surface area contributed by atoms with Crippen LogP contribution in [0.25, 0.3) is 0 Å². The van der Waals surface area contributed by atoms with Crippen LogP contribution in [0, 0.1) is 6.92 Å². The molecule has 0 unspecified atom stereocenters. The molecule has 2 amide bonds. The van der Waals surface area contributed by atoms with Gasteiger partial charge >= 0.3 is 11.8 Å². The third-order valence-corrected chi connectivity index (χ3v) is 8.38. The molecule has 0 aliphatic rings. The van der Waals surface area contributed by atoms with E-state index < -0.39 is 21.8 Å². The summed E-state index contributed by atoms with van der Waals surface area (Å²) in [6.07, 6.45) is 1.21. The van der Waals surface area contributed by atoms with Crippen LogP contribution in [0.1, 0.15) is 22.6 Å². The topological polar surface area (TPSA) is 121 Å². The molecule has 206 valence electrons. The summed E-state index contributed by atoms with van der Waals surface area (Å²) in [7, 11) is -3.91. The highest BCUT2D eigenvalue weighted by molar-refractivity contribution is 9.10.